The van der Waals surface area contributed by atoms with Gasteiger partial charge in [0.2, 0.25) is 5.88 Å². The molecule has 1 N–H and O–H groups in total. The van der Waals surface area contributed by atoms with Crippen LogP contribution in [0.4, 0.5) is 17.6 Å². The number of rotatable bonds is 9. The van der Waals surface area contributed by atoms with Crippen LogP contribution in [0.2, 0.25) is 0 Å². The molecule has 252 valence electrons. The van der Waals surface area contributed by atoms with E-state index in [2.05, 4.69) is 31.9 Å². The molecular weight excluding hydrogens is 656 g/mol. The molecule has 0 unspecified atom stereocenters. The molecule has 0 amide bonds. The first-order valence-corrected chi connectivity index (χ1v) is 15.4. The molecule has 0 spiro atoms. The highest BCUT2D eigenvalue weighted by Gasteiger charge is 2.25. The first-order chi connectivity index (χ1) is 24.1. The summed E-state index contributed by atoms with van der Waals surface area (Å²) < 4.78 is 75.1. The molecular formula is C36H26F4N6O4. The van der Waals surface area contributed by atoms with Crippen molar-refractivity contribution in [1.82, 2.24) is 29.3 Å². The molecule has 1 atom stereocenters. The van der Waals surface area contributed by atoms with Crippen molar-refractivity contribution in [2.24, 2.45) is 7.05 Å². The number of nitrogens with zero attached hydrogens (tertiary/aromatic N) is 6. The van der Waals surface area contributed by atoms with Crippen molar-refractivity contribution in [3.05, 3.63) is 124 Å². The Hall–Kier alpha value is -6.07. The van der Waals surface area contributed by atoms with Crippen molar-refractivity contribution in [2.45, 2.75) is 32.1 Å². The minimum absolute atomic E-state index is 0.000309. The van der Waals surface area contributed by atoms with Gasteiger partial charge in [-0.15, -0.1) is 0 Å². The maximum atomic E-state index is 15.6. The smallest absolute Gasteiger partial charge is 0.335 e. The molecule has 0 aliphatic carbocycles. The maximum Gasteiger partial charge on any atom is 0.335 e. The summed E-state index contributed by atoms with van der Waals surface area (Å²) >= 11 is 0. The Morgan fingerprint density at radius 3 is 2.54 bits per heavy atom. The normalized spacial score (nSPS) is 13.9. The van der Waals surface area contributed by atoms with Crippen LogP contribution in [0.3, 0.4) is 0 Å². The van der Waals surface area contributed by atoms with Gasteiger partial charge in [-0.05, 0) is 48.4 Å². The van der Waals surface area contributed by atoms with Crippen LogP contribution in [0.25, 0.3) is 22.3 Å². The van der Waals surface area contributed by atoms with E-state index >= 15 is 8.78 Å². The topological polar surface area (TPSA) is 117 Å². The van der Waals surface area contributed by atoms with Gasteiger partial charge in [0.15, 0.2) is 5.82 Å². The number of carboxylic acid groups (broad SMARTS) is 1. The predicted molar refractivity (Wildman–Crippen MR) is 171 cm³/mol. The van der Waals surface area contributed by atoms with E-state index in [1.54, 1.807) is 28.7 Å². The van der Waals surface area contributed by atoms with Gasteiger partial charge in [0.25, 0.3) is 0 Å². The van der Waals surface area contributed by atoms with Gasteiger partial charge in [0, 0.05) is 49.7 Å². The fourth-order valence-electron chi connectivity index (χ4n) is 5.47. The largest absolute Gasteiger partial charge is 0.478 e. The summed E-state index contributed by atoms with van der Waals surface area (Å²) in [5.41, 5.74) is 0.763. The highest BCUT2D eigenvalue weighted by Crippen LogP contribution is 2.30. The fourth-order valence-corrected chi connectivity index (χ4v) is 5.47. The number of carboxylic acids is 1. The summed E-state index contributed by atoms with van der Waals surface area (Å²) in [4.78, 5) is 24.3. The van der Waals surface area contributed by atoms with E-state index in [1.165, 1.54) is 36.5 Å². The third-order valence-corrected chi connectivity index (χ3v) is 8.13. The first kappa shape index (κ1) is 32.5. The second-order valence-electron chi connectivity index (χ2n) is 11.6. The molecule has 50 heavy (non-hydrogen) atoms. The van der Waals surface area contributed by atoms with E-state index in [9.17, 15) is 18.7 Å². The maximum absolute atomic E-state index is 15.6. The van der Waals surface area contributed by atoms with E-state index < -0.39 is 29.2 Å². The number of aryl methyl sites for hydroxylation is 1. The molecule has 0 radical (unpaired) electrons. The van der Waals surface area contributed by atoms with Crippen molar-refractivity contribution in [1.29, 1.82) is 0 Å². The van der Waals surface area contributed by atoms with Gasteiger partial charge in [0.05, 0.1) is 41.2 Å². The Bertz CT molecular complexity index is 2340. The lowest BCUT2D eigenvalue weighted by Gasteiger charge is -2.27. The summed E-state index contributed by atoms with van der Waals surface area (Å²) in [5.74, 6) is 1.61. The van der Waals surface area contributed by atoms with E-state index in [-0.39, 0.29) is 76.5 Å². The Morgan fingerprint density at radius 1 is 1.00 bits per heavy atom. The number of aromatic carboxylic acids is 1. The number of halogens is 4. The van der Waals surface area contributed by atoms with E-state index in [1.807, 2.05) is 0 Å². The van der Waals surface area contributed by atoms with Gasteiger partial charge in [-0.2, -0.15) is 5.10 Å². The number of pyridine rings is 2. The minimum atomic E-state index is -1.31. The number of hydrogen-bond donors (Lipinski definition) is 1. The fraction of sp³-hybridized carbons (Fsp3) is 0.194. The molecule has 1 saturated heterocycles. The van der Waals surface area contributed by atoms with E-state index in [4.69, 9.17) is 9.47 Å². The van der Waals surface area contributed by atoms with Gasteiger partial charge in [-0.1, -0.05) is 17.9 Å². The van der Waals surface area contributed by atoms with Crippen molar-refractivity contribution < 1.29 is 36.9 Å². The summed E-state index contributed by atoms with van der Waals surface area (Å²) in [6.07, 6.45) is 5.03. The van der Waals surface area contributed by atoms with Crippen LogP contribution in [0, 0.1) is 35.1 Å². The number of aromatic nitrogens is 6. The van der Waals surface area contributed by atoms with Gasteiger partial charge >= 0.3 is 5.97 Å². The summed E-state index contributed by atoms with van der Waals surface area (Å²) in [6, 6.07) is 9.91. The van der Waals surface area contributed by atoms with Gasteiger partial charge in [-0.3, -0.25) is 9.67 Å². The van der Waals surface area contributed by atoms with Crippen LogP contribution in [0.5, 0.6) is 5.88 Å². The zero-order valence-corrected chi connectivity index (χ0v) is 26.3. The summed E-state index contributed by atoms with van der Waals surface area (Å²) in [7, 11) is 1.76. The average molecular weight is 683 g/mol. The molecule has 7 rings (SSSR count). The van der Waals surface area contributed by atoms with Crippen molar-refractivity contribution in [2.75, 3.05) is 6.61 Å². The van der Waals surface area contributed by atoms with Gasteiger partial charge < -0.3 is 19.1 Å². The van der Waals surface area contributed by atoms with E-state index in [0.717, 1.165) is 24.6 Å². The zero-order chi connectivity index (χ0) is 34.9. The highest BCUT2D eigenvalue weighted by atomic mass is 19.1. The second-order valence-corrected chi connectivity index (χ2v) is 11.6. The summed E-state index contributed by atoms with van der Waals surface area (Å²) in [5, 5.41) is 13.5. The number of ether oxygens (including phenoxy) is 2. The Labute approximate surface area is 282 Å². The first-order valence-electron chi connectivity index (χ1n) is 15.4. The van der Waals surface area contributed by atoms with Crippen molar-refractivity contribution >= 4 is 17.0 Å². The standard InChI is InChI=1S/C36H26F4N6O4/c1-45-17-21(16-42-45)6-5-20-9-28(39)31(41-15-20)19-50-34-4-2-3-30(43-34)25-14-26(37)22(10-27(25)38)13-33-44-35-29(40)11-23(36(47)48)12-32(35)46(33)18-24-7-8-49-24/h2-4,9-12,14-17,24H,7-8,13,18-19H2,1H3,(H,47,48)/t24-/m0/s1. The molecule has 1 aliphatic heterocycles. The lowest BCUT2D eigenvalue weighted by atomic mass is 10.0. The third-order valence-electron chi connectivity index (χ3n) is 8.13. The third kappa shape index (κ3) is 6.76. The molecule has 6 aromatic rings. The van der Waals surface area contributed by atoms with Gasteiger partial charge in [0.1, 0.15) is 41.1 Å². The lowest BCUT2D eigenvalue weighted by Crippen LogP contribution is -2.31. The number of carbonyl (C=O) groups is 1. The van der Waals surface area contributed by atoms with Crippen LogP contribution >= 0.6 is 0 Å². The highest BCUT2D eigenvalue weighted by molar-refractivity contribution is 5.92. The molecule has 2 aromatic carbocycles. The van der Waals surface area contributed by atoms with Crippen LogP contribution in [0.15, 0.2) is 67.1 Å². The molecule has 5 heterocycles. The van der Waals surface area contributed by atoms with Crippen molar-refractivity contribution in [3.8, 4) is 29.0 Å². The predicted octanol–water partition coefficient (Wildman–Crippen LogP) is 5.84. The van der Waals surface area contributed by atoms with Crippen molar-refractivity contribution in [3.63, 3.8) is 0 Å². The zero-order valence-electron chi connectivity index (χ0n) is 26.3. The monoisotopic (exact) mass is 682 g/mol. The van der Waals surface area contributed by atoms with E-state index in [0.29, 0.717) is 17.7 Å². The number of benzene rings is 2. The average Bonchev–Trinajstić information content (AvgIpc) is 3.65. The number of fused-ring (bicyclic) bond motifs is 1. The Morgan fingerprint density at radius 2 is 1.82 bits per heavy atom. The van der Waals surface area contributed by atoms with Crippen LogP contribution in [0.1, 0.15) is 45.0 Å². The Kier molecular flexibility index (Phi) is 8.73. The molecule has 1 fully saturated rings. The minimum Gasteiger partial charge on any atom is -0.478 e. The SMILES string of the molecule is Cn1cc(C#Cc2cnc(COc3cccc(-c4cc(F)c(Cc5nc6c(F)cc(C(=O)O)cc6n5C[C@@H]5CCO5)cc4F)n3)c(F)c2)cn1. The quantitative estimate of drug-likeness (QED) is 0.149. The van der Waals surface area contributed by atoms with Crippen LogP contribution < -0.4 is 4.74 Å². The molecule has 0 bridgehead atoms. The lowest BCUT2D eigenvalue weighted by molar-refractivity contribution is -0.0589. The Balaban J connectivity index is 1.10. The molecule has 10 nitrogen and oxygen atoms in total. The van der Waals surface area contributed by atoms with Gasteiger partial charge in [-0.25, -0.2) is 32.3 Å². The molecule has 0 saturated carbocycles. The molecule has 4 aromatic heterocycles. The van der Waals surface area contributed by atoms with Crippen LogP contribution in [-0.4, -0.2) is 53.1 Å². The number of imidazole rings is 1. The second kappa shape index (κ2) is 13.4. The molecule has 14 heteroatoms. The number of hydrogen-bond acceptors (Lipinski definition) is 7. The molecule has 1 aliphatic rings. The van der Waals surface area contributed by atoms with Crippen LogP contribution in [-0.2, 0) is 31.4 Å². The summed E-state index contributed by atoms with van der Waals surface area (Å²) in [6.45, 7) is 0.500.